The van der Waals surface area contributed by atoms with Crippen LogP contribution >= 0.6 is 0 Å². The second-order valence-corrected chi connectivity index (χ2v) is 8.81. The first-order valence-corrected chi connectivity index (χ1v) is 11.2. The Balaban J connectivity index is 1.31. The molecule has 2 aromatic carbocycles. The van der Waals surface area contributed by atoms with Crippen LogP contribution in [0.1, 0.15) is 36.8 Å². The third-order valence-corrected chi connectivity index (χ3v) is 6.38. The van der Waals surface area contributed by atoms with E-state index < -0.39 is 0 Å². The monoisotopic (exact) mass is 412 g/mol. The molecule has 1 unspecified atom stereocenters. The normalized spacial score (nSPS) is 20.8. The van der Waals surface area contributed by atoms with Crippen molar-refractivity contribution < 1.29 is 14.2 Å². The number of aromatic hydroxyl groups is 1. The quantitative estimate of drug-likeness (QED) is 0.696. The first kappa shape index (κ1) is 21.3. The van der Waals surface area contributed by atoms with Crippen molar-refractivity contribution in [3.8, 4) is 5.75 Å². The Kier molecular flexibility index (Phi) is 7.37. The van der Waals surface area contributed by atoms with Gasteiger partial charge in [0.2, 0.25) is 0 Å². The molecule has 1 N–H and O–H groups in total. The Morgan fingerprint density at radius 2 is 1.87 bits per heavy atom. The molecule has 2 saturated heterocycles. The van der Waals surface area contributed by atoms with Crippen LogP contribution in [0.25, 0.3) is 0 Å². The lowest BCUT2D eigenvalue weighted by Crippen LogP contribution is -2.40. The van der Waals surface area contributed by atoms with Gasteiger partial charge in [-0.15, -0.1) is 0 Å². The van der Waals surface area contributed by atoms with E-state index >= 15 is 0 Å². The molecule has 4 rings (SSSR count). The predicted molar refractivity (Wildman–Crippen MR) is 117 cm³/mol. The Bertz CT molecular complexity index is 801. The lowest BCUT2D eigenvalue weighted by Gasteiger charge is -2.35. The van der Waals surface area contributed by atoms with Crippen LogP contribution in [0.15, 0.2) is 48.5 Å². The number of halogens is 1. The fourth-order valence-corrected chi connectivity index (χ4v) is 4.75. The minimum atomic E-state index is -0.103. The van der Waals surface area contributed by atoms with Gasteiger partial charge in [-0.05, 0) is 68.5 Å². The standard InChI is InChI=1S/C25H33FN2O2/c26-25-9-2-1-6-22(25)18-27-12-10-20(11-13-27)16-28(19-24-8-4-14-30-24)17-21-5-3-7-23(29)15-21/h1-3,5-7,9,15,20,24,29H,4,8,10-14,16-19H2. The second-order valence-electron chi connectivity index (χ2n) is 8.81. The molecule has 0 aromatic heterocycles. The third kappa shape index (κ3) is 6.03. The van der Waals surface area contributed by atoms with Gasteiger partial charge in [0, 0.05) is 38.3 Å². The van der Waals surface area contributed by atoms with Crippen LogP contribution in [0.3, 0.4) is 0 Å². The van der Waals surface area contributed by atoms with Gasteiger partial charge in [-0.2, -0.15) is 0 Å². The highest BCUT2D eigenvalue weighted by Crippen LogP contribution is 2.24. The predicted octanol–water partition coefficient (Wildman–Crippen LogP) is 4.42. The minimum Gasteiger partial charge on any atom is -0.508 e. The largest absolute Gasteiger partial charge is 0.508 e. The number of phenols is 1. The van der Waals surface area contributed by atoms with Crippen LogP contribution in [0.4, 0.5) is 4.39 Å². The van der Waals surface area contributed by atoms with E-state index in [4.69, 9.17) is 4.74 Å². The maximum Gasteiger partial charge on any atom is 0.127 e. The maximum atomic E-state index is 14.0. The van der Waals surface area contributed by atoms with E-state index in [-0.39, 0.29) is 5.82 Å². The van der Waals surface area contributed by atoms with Gasteiger partial charge in [0.1, 0.15) is 11.6 Å². The highest BCUT2D eigenvalue weighted by molar-refractivity contribution is 5.27. The van der Waals surface area contributed by atoms with E-state index in [0.717, 1.165) is 76.1 Å². The van der Waals surface area contributed by atoms with E-state index in [1.165, 1.54) is 0 Å². The van der Waals surface area contributed by atoms with E-state index in [2.05, 4.69) is 15.9 Å². The molecule has 30 heavy (non-hydrogen) atoms. The van der Waals surface area contributed by atoms with Crippen molar-refractivity contribution in [1.82, 2.24) is 9.80 Å². The molecule has 2 aromatic rings. The molecule has 0 spiro atoms. The Morgan fingerprint density at radius 3 is 2.60 bits per heavy atom. The summed E-state index contributed by atoms with van der Waals surface area (Å²) >= 11 is 0. The Hall–Kier alpha value is -1.95. The number of hydrogen-bond donors (Lipinski definition) is 1. The van der Waals surface area contributed by atoms with Gasteiger partial charge in [-0.3, -0.25) is 9.80 Å². The molecule has 0 amide bonds. The summed E-state index contributed by atoms with van der Waals surface area (Å²) in [5, 5.41) is 9.83. The molecule has 162 valence electrons. The van der Waals surface area contributed by atoms with Crippen LogP contribution in [0.5, 0.6) is 5.75 Å². The van der Waals surface area contributed by atoms with Crippen LogP contribution in [-0.4, -0.2) is 53.8 Å². The summed E-state index contributed by atoms with van der Waals surface area (Å²) in [6.07, 6.45) is 4.88. The number of nitrogens with zero attached hydrogens (tertiary/aromatic N) is 2. The van der Waals surface area contributed by atoms with Gasteiger partial charge >= 0.3 is 0 Å². The zero-order valence-electron chi connectivity index (χ0n) is 17.7. The molecular weight excluding hydrogens is 379 g/mol. The first-order valence-electron chi connectivity index (χ1n) is 11.2. The van der Waals surface area contributed by atoms with E-state index in [9.17, 15) is 9.50 Å². The first-order chi connectivity index (χ1) is 14.7. The highest BCUT2D eigenvalue weighted by atomic mass is 19.1. The van der Waals surface area contributed by atoms with Crippen LogP contribution in [-0.2, 0) is 17.8 Å². The van der Waals surface area contributed by atoms with Gasteiger partial charge in [-0.25, -0.2) is 4.39 Å². The second kappa shape index (κ2) is 10.4. The van der Waals surface area contributed by atoms with Crippen molar-refractivity contribution in [3.63, 3.8) is 0 Å². The summed E-state index contributed by atoms with van der Waals surface area (Å²) in [5.41, 5.74) is 1.94. The van der Waals surface area contributed by atoms with Gasteiger partial charge in [0.25, 0.3) is 0 Å². The van der Waals surface area contributed by atoms with Gasteiger partial charge in [-0.1, -0.05) is 30.3 Å². The number of rotatable bonds is 8. The maximum absolute atomic E-state index is 14.0. The van der Waals surface area contributed by atoms with Crippen LogP contribution < -0.4 is 0 Å². The zero-order chi connectivity index (χ0) is 20.8. The lowest BCUT2D eigenvalue weighted by molar-refractivity contribution is 0.0569. The van der Waals surface area contributed by atoms with Crippen molar-refractivity contribution in [3.05, 3.63) is 65.5 Å². The molecule has 2 aliphatic heterocycles. The molecular formula is C25H33FN2O2. The van der Waals surface area contributed by atoms with E-state index in [0.29, 0.717) is 24.3 Å². The Labute approximate surface area is 179 Å². The van der Waals surface area contributed by atoms with Crippen LogP contribution in [0.2, 0.25) is 0 Å². The summed E-state index contributed by atoms with van der Waals surface area (Å²) in [5.74, 6) is 0.861. The minimum absolute atomic E-state index is 0.103. The zero-order valence-corrected chi connectivity index (χ0v) is 17.7. The molecule has 2 heterocycles. The molecule has 1 atom stereocenters. The molecule has 0 radical (unpaired) electrons. The molecule has 0 bridgehead atoms. The number of benzene rings is 2. The highest BCUT2D eigenvalue weighted by Gasteiger charge is 2.25. The molecule has 0 aliphatic carbocycles. The smallest absolute Gasteiger partial charge is 0.127 e. The van der Waals surface area contributed by atoms with Crippen molar-refractivity contribution in [2.45, 2.75) is 44.9 Å². The third-order valence-electron chi connectivity index (χ3n) is 6.38. The molecule has 0 saturated carbocycles. The average molecular weight is 413 g/mol. The number of piperidine rings is 1. The van der Waals surface area contributed by atoms with Gasteiger partial charge in [0.15, 0.2) is 0 Å². The van der Waals surface area contributed by atoms with Crippen molar-refractivity contribution >= 4 is 0 Å². The molecule has 2 fully saturated rings. The van der Waals surface area contributed by atoms with Crippen molar-refractivity contribution in [2.24, 2.45) is 5.92 Å². The van der Waals surface area contributed by atoms with E-state index in [1.807, 2.05) is 24.3 Å². The summed E-state index contributed by atoms with van der Waals surface area (Å²) < 4.78 is 19.9. The number of phenolic OH excluding ortho intramolecular Hbond substituents is 1. The summed E-state index contributed by atoms with van der Waals surface area (Å²) in [6, 6.07) is 14.7. The fourth-order valence-electron chi connectivity index (χ4n) is 4.75. The molecule has 4 nitrogen and oxygen atoms in total. The number of likely N-dealkylation sites (tertiary alicyclic amines) is 1. The summed E-state index contributed by atoms with van der Waals surface area (Å²) in [6.45, 7) is 6.43. The van der Waals surface area contributed by atoms with Crippen molar-refractivity contribution in [2.75, 3.05) is 32.8 Å². The molecule has 2 aliphatic rings. The fraction of sp³-hybridized carbons (Fsp3) is 0.520. The SMILES string of the molecule is Oc1cccc(CN(CC2CCN(Cc3ccccc3F)CC2)CC2CCCO2)c1. The topological polar surface area (TPSA) is 35.9 Å². The summed E-state index contributed by atoms with van der Waals surface area (Å²) in [7, 11) is 0. The number of ether oxygens (including phenoxy) is 1. The summed E-state index contributed by atoms with van der Waals surface area (Å²) in [4.78, 5) is 4.87. The van der Waals surface area contributed by atoms with Crippen LogP contribution in [0, 0.1) is 11.7 Å². The average Bonchev–Trinajstić information content (AvgIpc) is 3.24. The molecule has 5 heteroatoms. The number of hydrogen-bond acceptors (Lipinski definition) is 4. The van der Waals surface area contributed by atoms with Crippen molar-refractivity contribution in [1.29, 1.82) is 0 Å². The Morgan fingerprint density at radius 1 is 1.03 bits per heavy atom. The van der Waals surface area contributed by atoms with Gasteiger partial charge in [0.05, 0.1) is 6.10 Å². The lowest BCUT2D eigenvalue weighted by atomic mass is 9.95. The van der Waals surface area contributed by atoms with E-state index in [1.54, 1.807) is 18.2 Å². The van der Waals surface area contributed by atoms with Gasteiger partial charge < -0.3 is 9.84 Å².